The number of alkyl halides is 1. The maximum absolute atomic E-state index is 13.0. The van der Waals surface area contributed by atoms with E-state index in [0.29, 0.717) is 0 Å². The molecule has 1 saturated heterocycles. The van der Waals surface area contributed by atoms with Gasteiger partial charge in [0, 0.05) is 12.3 Å². The molecule has 2 N–H and O–H groups in total. The first-order valence-corrected chi connectivity index (χ1v) is 5.40. The third kappa shape index (κ3) is 1.33. The highest BCUT2D eigenvalue weighted by Crippen LogP contribution is 2.43. The summed E-state index contributed by atoms with van der Waals surface area (Å²) in [6, 6.07) is 1.22. The van der Waals surface area contributed by atoms with E-state index in [1.54, 1.807) is 0 Å². The van der Waals surface area contributed by atoms with Crippen molar-refractivity contribution in [3.63, 3.8) is 0 Å². The molecule has 0 aromatic carbocycles. The fourth-order valence-electron chi connectivity index (χ4n) is 2.25. The molecule has 0 radical (unpaired) electrons. The average Bonchev–Trinajstić information content (AvgIpc) is 2.84. The first kappa shape index (κ1) is 11.6. The summed E-state index contributed by atoms with van der Waals surface area (Å²) in [7, 11) is 0. The molecular formula is C10H11FN2O5. The molecule has 8 heteroatoms. The fourth-order valence-corrected chi connectivity index (χ4v) is 2.25. The van der Waals surface area contributed by atoms with Gasteiger partial charge in [-0.15, -0.1) is 0 Å². The Bertz CT molecular complexity index is 529. The minimum atomic E-state index is -1.68. The Kier molecular flexibility index (Phi) is 2.40. The van der Waals surface area contributed by atoms with Gasteiger partial charge in [-0.1, -0.05) is 0 Å². The minimum Gasteiger partial charge on any atom is -0.453 e. The van der Waals surface area contributed by atoms with E-state index < -0.39 is 42.9 Å². The summed E-state index contributed by atoms with van der Waals surface area (Å²) in [5.41, 5.74) is -2.16. The van der Waals surface area contributed by atoms with Crippen molar-refractivity contribution in [2.24, 2.45) is 0 Å². The van der Waals surface area contributed by atoms with Crippen molar-refractivity contribution in [1.82, 2.24) is 9.55 Å². The van der Waals surface area contributed by atoms with Gasteiger partial charge in [-0.25, -0.2) is 4.39 Å². The zero-order valence-corrected chi connectivity index (χ0v) is 9.19. The number of nitrogens with zero attached hydrogens (tertiary/aromatic N) is 2. The summed E-state index contributed by atoms with van der Waals surface area (Å²) in [5, 5.41) is 19.2. The zero-order chi connectivity index (χ0) is 12.9. The van der Waals surface area contributed by atoms with Crippen LogP contribution in [0.3, 0.4) is 0 Å². The molecule has 98 valence electrons. The van der Waals surface area contributed by atoms with E-state index in [4.69, 9.17) is 9.47 Å². The molecule has 1 unspecified atom stereocenters. The molecule has 0 bridgehead atoms. The molecule has 2 aliphatic heterocycles. The van der Waals surface area contributed by atoms with Gasteiger partial charge in [0.1, 0.15) is 12.8 Å². The number of ether oxygens (including phenoxy) is 2. The van der Waals surface area contributed by atoms with E-state index >= 15 is 0 Å². The molecule has 1 aromatic heterocycles. The van der Waals surface area contributed by atoms with Crippen molar-refractivity contribution >= 4 is 0 Å². The molecule has 18 heavy (non-hydrogen) atoms. The molecule has 0 spiro atoms. The molecular weight excluding hydrogens is 247 g/mol. The predicted octanol–water partition coefficient (Wildman–Crippen LogP) is -1.41. The Hall–Kier alpha value is -1.51. The van der Waals surface area contributed by atoms with Crippen LogP contribution in [0.15, 0.2) is 17.1 Å². The average molecular weight is 258 g/mol. The first-order valence-electron chi connectivity index (χ1n) is 5.40. The highest BCUT2D eigenvalue weighted by molar-refractivity contribution is 5.14. The standard InChI is InChI=1S/C10H11FN2O5/c11-3-10(4-14)7(16)6-8(18-10)13-2-1-5(15)12-9(13)17-6/h1-2,6-8,14,16H,3-4H2/t6-,7?,8+,10+/m0/s1. The van der Waals surface area contributed by atoms with E-state index in [1.165, 1.54) is 16.8 Å². The van der Waals surface area contributed by atoms with Crippen molar-refractivity contribution in [3.05, 3.63) is 22.6 Å². The quantitative estimate of drug-likeness (QED) is 0.677. The van der Waals surface area contributed by atoms with Crippen molar-refractivity contribution < 1.29 is 24.1 Å². The van der Waals surface area contributed by atoms with Gasteiger partial charge in [-0.2, -0.15) is 4.98 Å². The SMILES string of the molecule is O=c1ccn2c(n1)O[C@H]1C(O)[C@](CO)(CF)O[C@H]12. The second-order valence-corrected chi connectivity index (χ2v) is 4.35. The lowest BCUT2D eigenvalue weighted by atomic mass is 9.98. The van der Waals surface area contributed by atoms with E-state index in [9.17, 15) is 19.4 Å². The maximum Gasteiger partial charge on any atom is 0.302 e. The van der Waals surface area contributed by atoms with E-state index in [-0.39, 0.29) is 6.01 Å². The highest BCUT2D eigenvalue weighted by Gasteiger charge is 2.59. The fraction of sp³-hybridized carbons (Fsp3) is 0.600. The third-order valence-corrected chi connectivity index (χ3v) is 3.30. The number of aliphatic hydroxyl groups is 2. The van der Waals surface area contributed by atoms with Gasteiger partial charge >= 0.3 is 6.01 Å². The minimum absolute atomic E-state index is 0.0157. The number of hydrogen-bond donors (Lipinski definition) is 2. The van der Waals surface area contributed by atoms with E-state index in [2.05, 4.69) is 4.98 Å². The van der Waals surface area contributed by atoms with Gasteiger partial charge in [0.25, 0.3) is 5.56 Å². The largest absolute Gasteiger partial charge is 0.453 e. The summed E-state index contributed by atoms with van der Waals surface area (Å²) < 4.78 is 25.0. The van der Waals surface area contributed by atoms with Crippen molar-refractivity contribution in [2.45, 2.75) is 24.0 Å². The maximum atomic E-state index is 13.0. The third-order valence-electron chi connectivity index (χ3n) is 3.30. The summed E-state index contributed by atoms with van der Waals surface area (Å²) in [4.78, 5) is 14.7. The second kappa shape index (κ2) is 3.74. The first-order chi connectivity index (χ1) is 8.61. The second-order valence-electron chi connectivity index (χ2n) is 4.35. The van der Waals surface area contributed by atoms with Gasteiger partial charge in [0.15, 0.2) is 17.9 Å². The van der Waals surface area contributed by atoms with E-state index in [1.807, 2.05) is 0 Å². The molecule has 2 aliphatic rings. The van der Waals surface area contributed by atoms with Crippen LogP contribution in [0.5, 0.6) is 6.01 Å². The van der Waals surface area contributed by atoms with Gasteiger partial charge in [-0.05, 0) is 0 Å². The van der Waals surface area contributed by atoms with Crippen LogP contribution in [-0.4, -0.2) is 50.9 Å². The Morgan fingerprint density at radius 2 is 2.39 bits per heavy atom. The van der Waals surface area contributed by atoms with Crippen LogP contribution in [0, 0.1) is 0 Å². The van der Waals surface area contributed by atoms with E-state index in [0.717, 1.165) is 0 Å². The lowest BCUT2D eigenvalue weighted by Gasteiger charge is -2.27. The molecule has 1 fully saturated rings. The van der Waals surface area contributed by atoms with Gasteiger partial charge < -0.3 is 19.7 Å². The number of fused-ring (bicyclic) bond motifs is 3. The summed E-state index contributed by atoms with van der Waals surface area (Å²) in [6.07, 6.45) is -1.63. The van der Waals surface area contributed by atoms with Crippen LogP contribution in [0.2, 0.25) is 0 Å². The zero-order valence-electron chi connectivity index (χ0n) is 9.19. The van der Waals surface area contributed by atoms with Crippen molar-refractivity contribution in [1.29, 1.82) is 0 Å². The number of aliphatic hydroxyl groups excluding tert-OH is 2. The monoisotopic (exact) mass is 258 g/mol. The Morgan fingerprint density at radius 3 is 3.06 bits per heavy atom. The summed E-state index contributed by atoms with van der Waals surface area (Å²) >= 11 is 0. The van der Waals surface area contributed by atoms with Crippen molar-refractivity contribution in [3.8, 4) is 6.01 Å². The van der Waals surface area contributed by atoms with Crippen LogP contribution >= 0.6 is 0 Å². The molecule has 1 aromatic rings. The number of rotatable bonds is 2. The molecule has 7 nitrogen and oxygen atoms in total. The smallest absolute Gasteiger partial charge is 0.302 e. The molecule has 0 amide bonds. The predicted molar refractivity (Wildman–Crippen MR) is 54.8 cm³/mol. The van der Waals surface area contributed by atoms with Crippen LogP contribution in [0.1, 0.15) is 6.23 Å². The van der Waals surface area contributed by atoms with Crippen LogP contribution in [0.25, 0.3) is 0 Å². The Morgan fingerprint density at radius 1 is 1.61 bits per heavy atom. The normalized spacial score (nSPS) is 37.2. The summed E-state index contributed by atoms with van der Waals surface area (Å²) in [6.45, 7) is -1.70. The number of hydrogen-bond acceptors (Lipinski definition) is 6. The molecule has 0 saturated carbocycles. The molecule has 3 heterocycles. The molecule has 0 aliphatic carbocycles. The van der Waals surface area contributed by atoms with Crippen LogP contribution < -0.4 is 10.3 Å². The Labute approximate surface area is 100 Å². The highest BCUT2D eigenvalue weighted by atomic mass is 19.1. The molecule has 4 atom stereocenters. The Balaban J connectivity index is 2.00. The van der Waals surface area contributed by atoms with Crippen molar-refractivity contribution in [2.75, 3.05) is 13.3 Å². The van der Waals surface area contributed by atoms with Gasteiger partial charge in [0.2, 0.25) is 0 Å². The van der Waals surface area contributed by atoms with Crippen LogP contribution in [0.4, 0.5) is 4.39 Å². The van der Waals surface area contributed by atoms with Crippen LogP contribution in [-0.2, 0) is 4.74 Å². The van der Waals surface area contributed by atoms with Gasteiger partial charge in [0.05, 0.1) is 6.61 Å². The molecule has 3 rings (SSSR count). The number of aromatic nitrogens is 2. The lowest BCUT2D eigenvalue weighted by molar-refractivity contribution is -0.137. The lowest BCUT2D eigenvalue weighted by Crippen LogP contribution is -2.49. The number of halogens is 1. The topological polar surface area (TPSA) is 93.8 Å². The summed E-state index contributed by atoms with van der Waals surface area (Å²) in [5.74, 6) is 0. The van der Waals surface area contributed by atoms with Gasteiger partial charge in [-0.3, -0.25) is 9.36 Å².